The third-order valence-corrected chi connectivity index (χ3v) is 2.70. The predicted octanol–water partition coefficient (Wildman–Crippen LogP) is 4.41. The maximum Gasteiger partial charge on any atom is 0.409 e. The van der Waals surface area contributed by atoms with Crippen molar-refractivity contribution in [3.63, 3.8) is 0 Å². The van der Waals surface area contributed by atoms with E-state index in [9.17, 15) is 9.59 Å². The molecule has 2 aromatic rings. The minimum absolute atomic E-state index is 0.400. The van der Waals surface area contributed by atoms with Crippen LogP contribution in [0, 0.1) is 0 Å². The van der Waals surface area contributed by atoms with E-state index in [0.717, 1.165) is 17.4 Å². The lowest BCUT2D eigenvalue weighted by molar-refractivity contribution is 0.112. The third kappa shape index (κ3) is 4.07. The number of carbonyl (C=O) groups excluding carboxylic acids is 2. The maximum atomic E-state index is 10.6. The van der Waals surface area contributed by atoms with Crippen molar-refractivity contribution in [3.8, 4) is 5.75 Å². The molecule has 0 amide bonds. The van der Waals surface area contributed by atoms with Crippen molar-refractivity contribution in [3.05, 3.63) is 65.2 Å². The second-order valence-corrected chi connectivity index (χ2v) is 4.34. The minimum atomic E-state index is -0.858. The Labute approximate surface area is 121 Å². The summed E-state index contributed by atoms with van der Waals surface area (Å²) >= 11 is 5.12. The van der Waals surface area contributed by atoms with E-state index in [-0.39, 0.29) is 0 Å². The molecule has 0 fully saturated rings. The lowest BCUT2D eigenvalue weighted by Crippen LogP contribution is -1.95. The smallest absolute Gasteiger partial charge is 0.409 e. The average Bonchev–Trinajstić information content (AvgIpc) is 2.46. The molecule has 0 spiro atoms. The lowest BCUT2D eigenvalue weighted by atomic mass is 10.1. The van der Waals surface area contributed by atoms with Crippen LogP contribution in [0.5, 0.6) is 5.75 Å². The summed E-state index contributed by atoms with van der Waals surface area (Å²) in [5, 5.41) is 0. The second kappa shape index (κ2) is 6.68. The molecular weight excluding hydrogens is 276 g/mol. The largest absolute Gasteiger partial charge is 0.415 e. The van der Waals surface area contributed by atoms with Gasteiger partial charge in [-0.15, -0.1) is 0 Å². The van der Waals surface area contributed by atoms with Crippen LogP contribution in [0.15, 0.2) is 48.5 Å². The van der Waals surface area contributed by atoms with Gasteiger partial charge in [-0.3, -0.25) is 4.79 Å². The molecular formula is C16H11ClO3. The molecule has 0 radical (unpaired) electrons. The van der Waals surface area contributed by atoms with Gasteiger partial charge in [0, 0.05) is 17.2 Å². The number of benzene rings is 2. The van der Waals surface area contributed by atoms with E-state index in [0.29, 0.717) is 11.3 Å². The number of ether oxygens (including phenoxy) is 1. The second-order valence-electron chi connectivity index (χ2n) is 4.03. The minimum Gasteiger partial charge on any atom is -0.415 e. The maximum absolute atomic E-state index is 10.6. The van der Waals surface area contributed by atoms with Gasteiger partial charge in [0.15, 0.2) is 0 Å². The Balaban J connectivity index is 2.06. The fraction of sp³-hybridized carbons (Fsp3) is 0. The Morgan fingerprint density at radius 3 is 1.75 bits per heavy atom. The number of carbonyl (C=O) groups is 2. The van der Waals surface area contributed by atoms with Gasteiger partial charge in [-0.2, -0.15) is 0 Å². The number of hydrogen-bond donors (Lipinski definition) is 0. The van der Waals surface area contributed by atoms with Crippen LogP contribution in [0.3, 0.4) is 0 Å². The highest BCUT2D eigenvalue weighted by molar-refractivity contribution is 6.61. The van der Waals surface area contributed by atoms with E-state index >= 15 is 0 Å². The molecule has 0 saturated carbocycles. The Bertz CT molecular complexity index is 628. The lowest BCUT2D eigenvalue weighted by Gasteiger charge is -2.00. The van der Waals surface area contributed by atoms with E-state index in [4.69, 9.17) is 16.3 Å². The molecule has 0 N–H and O–H groups in total. The Kier molecular flexibility index (Phi) is 4.69. The summed E-state index contributed by atoms with van der Waals surface area (Å²) in [5.41, 5.74) is 1.74. The first-order chi connectivity index (χ1) is 9.67. The van der Waals surface area contributed by atoms with Crippen molar-refractivity contribution < 1.29 is 14.3 Å². The molecule has 0 aromatic heterocycles. The Hall–Kier alpha value is -2.39. The highest BCUT2D eigenvalue weighted by atomic mass is 35.5. The summed E-state index contributed by atoms with van der Waals surface area (Å²) in [5.74, 6) is 0.400. The van der Waals surface area contributed by atoms with Gasteiger partial charge in [0.25, 0.3) is 0 Å². The first-order valence-electron chi connectivity index (χ1n) is 5.88. The summed E-state index contributed by atoms with van der Waals surface area (Å²) in [7, 11) is 0. The number of halogens is 1. The fourth-order valence-corrected chi connectivity index (χ4v) is 1.71. The molecule has 0 aliphatic carbocycles. The highest BCUT2D eigenvalue weighted by Gasteiger charge is 1.98. The van der Waals surface area contributed by atoms with Gasteiger partial charge in [0.1, 0.15) is 12.0 Å². The van der Waals surface area contributed by atoms with Crippen molar-refractivity contribution in [2.24, 2.45) is 0 Å². The summed E-state index contributed by atoms with van der Waals surface area (Å²) in [6.07, 6.45) is 4.66. The summed E-state index contributed by atoms with van der Waals surface area (Å²) < 4.78 is 4.73. The van der Waals surface area contributed by atoms with Crippen LogP contribution in [-0.2, 0) is 0 Å². The van der Waals surface area contributed by atoms with E-state index in [1.807, 2.05) is 36.4 Å². The molecule has 0 aliphatic heterocycles. The molecule has 2 rings (SSSR count). The molecule has 4 heteroatoms. The van der Waals surface area contributed by atoms with Crippen molar-refractivity contribution in [1.82, 2.24) is 0 Å². The summed E-state index contributed by atoms with van der Waals surface area (Å²) in [6, 6.07) is 14.2. The topological polar surface area (TPSA) is 43.4 Å². The third-order valence-electron chi connectivity index (χ3n) is 2.62. The zero-order chi connectivity index (χ0) is 14.4. The number of aldehydes is 1. The number of rotatable bonds is 4. The first kappa shape index (κ1) is 14.0. The SMILES string of the molecule is O=Cc1ccc(C=Cc2ccc(OC(=O)Cl)cc2)cc1. The summed E-state index contributed by atoms with van der Waals surface area (Å²) in [6.45, 7) is 0. The van der Waals surface area contributed by atoms with E-state index < -0.39 is 5.43 Å². The van der Waals surface area contributed by atoms with Crippen LogP contribution in [0.2, 0.25) is 0 Å². The molecule has 0 bridgehead atoms. The van der Waals surface area contributed by atoms with Gasteiger partial charge in [-0.25, -0.2) is 4.79 Å². The monoisotopic (exact) mass is 286 g/mol. The van der Waals surface area contributed by atoms with Gasteiger partial charge in [-0.1, -0.05) is 48.6 Å². The Morgan fingerprint density at radius 1 is 0.850 bits per heavy atom. The molecule has 20 heavy (non-hydrogen) atoms. The van der Waals surface area contributed by atoms with Crippen molar-refractivity contribution in [2.45, 2.75) is 0 Å². The molecule has 0 heterocycles. The average molecular weight is 287 g/mol. The molecule has 100 valence electrons. The highest BCUT2D eigenvalue weighted by Crippen LogP contribution is 2.15. The molecule has 0 aliphatic rings. The zero-order valence-electron chi connectivity index (χ0n) is 10.5. The van der Waals surface area contributed by atoms with Crippen LogP contribution >= 0.6 is 11.6 Å². The number of hydrogen-bond acceptors (Lipinski definition) is 3. The molecule has 0 saturated heterocycles. The predicted molar refractivity (Wildman–Crippen MR) is 79.1 cm³/mol. The van der Waals surface area contributed by atoms with Gasteiger partial charge >= 0.3 is 5.43 Å². The molecule has 0 atom stereocenters. The van der Waals surface area contributed by atoms with Crippen molar-refractivity contribution in [2.75, 3.05) is 0 Å². The summed E-state index contributed by atoms with van der Waals surface area (Å²) in [4.78, 5) is 21.1. The van der Waals surface area contributed by atoms with Crippen LogP contribution in [-0.4, -0.2) is 11.7 Å². The molecule has 3 nitrogen and oxygen atoms in total. The normalized spacial score (nSPS) is 10.4. The molecule has 0 unspecified atom stereocenters. The van der Waals surface area contributed by atoms with Crippen LogP contribution in [0.1, 0.15) is 21.5 Å². The van der Waals surface area contributed by atoms with Crippen LogP contribution in [0.25, 0.3) is 12.2 Å². The Morgan fingerprint density at radius 2 is 1.30 bits per heavy atom. The van der Waals surface area contributed by atoms with Gasteiger partial charge in [0.2, 0.25) is 0 Å². The first-order valence-corrected chi connectivity index (χ1v) is 6.26. The zero-order valence-corrected chi connectivity index (χ0v) is 11.2. The standard InChI is InChI=1S/C16H11ClO3/c17-16(19)20-15-9-7-13(8-10-15)2-1-12-3-5-14(11-18)6-4-12/h1-11H. The van der Waals surface area contributed by atoms with Gasteiger partial charge in [-0.05, 0) is 23.3 Å². The quantitative estimate of drug-likeness (QED) is 0.475. The van der Waals surface area contributed by atoms with Crippen molar-refractivity contribution >= 4 is 35.5 Å². The fourth-order valence-electron chi connectivity index (χ4n) is 1.62. The van der Waals surface area contributed by atoms with E-state index in [1.54, 1.807) is 24.3 Å². The van der Waals surface area contributed by atoms with Crippen LogP contribution in [0.4, 0.5) is 4.79 Å². The molecule has 2 aromatic carbocycles. The van der Waals surface area contributed by atoms with E-state index in [2.05, 4.69) is 0 Å². The van der Waals surface area contributed by atoms with Gasteiger partial charge in [0.05, 0.1) is 0 Å². The van der Waals surface area contributed by atoms with Crippen LogP contribution < -0.4 is 4.74 Å². The van der Waals surface area contributed by atoms with Gasteiger partial charge < -0.3 is 4.74 Å². The van der Waals surface area contributed by atoms with E-state index in [1.165, 1.54) is 0 Å². The van der Waals surface area contributed by atoms with Crippen molar-refractivity contribution in [1.29, 1.82) is 0 Å².